The molecular formula is C32H63NO5S. The summed E-state index contributed by atoms with van der Waals surface area (Å²) in [7, 11) is -4.33. The minimum atomic E-state index is -4.33. The van der Waals surface area contributed by atoms with Gasteiger partial charge in [-0.05, 0) is 19.3 Å². The molecule has 0 aromatic carbocycles. The van der Waals surface area contributed by atoms with Crippen LogP contribution in [0.3, 0.4) is 0 Å². The average Bonchev–Trinajstić information content (AvgIpc) is 2.88. The predicted octanol–water partition coefficient (Wildman–Crippen LogP) is 8.68. The molecule has 0 spiro atoms. The monoisotopic (exact) mass is 573 g/mol. The smallest absolute Gasteiger partial charge is 0.267 e. The van der Waals surface area contributed by atoms with Crippen LogP contribution in [0, 0.1) is 0 Å². The van der Waals surface area contributed by atoms with E-state index in [1.165, 1.54) is 109 Å². The Bertz CT molecular complexity index is 680. The Morgan fingerprint density at radius 3 is 1.46 bits per heavy atom. The molecule has 0 aromatic heterocycles. The fraction of sp³-hybridized carbons (Fsp3) is 0.906. The number of hydrogen-bond donors (Lipinski definition) is 3. The lowest BCUT2D eigenvalue weighted by molar-refractivity contribution is -0.122. The molecule has 0 radical (unpaired) electrons. The Labute approximate surface area is 241 Å². The number of allylic oxidation sites excluding steroid dienone is 1. The maximum atomic E-state index is 12.4. The molecule has 39 heavy (non-hydrogen) atoms. The van der Waals surface area contributed by atoms with E-state index in [1.54, 1.807) is 6.08 Å². The molecule has 0 aliphatic rings. The van der Waals surface area contributed by atoms with Crippen LogP contribution >= 0.6 is 0 Å². The van der Waals surface area contributed by atoms with Gasteiger partial charge in [-0.3, -0.25) is 9.35 Å². The molecule has 0 aliphatic carbocycles. The Hall–Kier alpha value is -0.920. The molecule has 2 unspecified atom stereocenters. The van der Waals surface area contributed by atoms with Crippen molar-refractivity contribution >= 4 is 16.0 Å². The van der Waals surface area contributed by atoms with Crippen LogP contribution in [0.2, 0.25) is 0 Å². The van der Waals surface area contributed by atoms with Gasteiger partial charge in [-0.1, -0.05) is 154 Å². The predicted molar refractivity (Wildman–Crippen MR) is 166 cm³/mol. The normalized spacial score (nSPS) is 13.6. The van der Waals surface area contributed by atoms with Crippen molar-refractivity contribution in [1.29, 1.82) is 0 Å². The molecule has 0 saturated heterocycles. The van der Waals surface area contributed by atoms with Crippen LogP contribution in [0.5, 0.6) is 0 Å². The number of aliphatic hydroxyl groups excluding tert-OH is 1. The van der Waals surface area contributed by atoms with E-state index < -0.39 is 28.0 Å². The van der Waals surface area contributed by atoms with Crippen LogP contribution < -0.4 is 5.32 Å². The first-order valence-corrected chi connectivity index (χ1v) is 18.0. The standard InChI is InChI=1S/C32H63NO5S/c1-3-5-7-9-11-13-15-17-19-21-23-25-27-31(34)30(29-39(36,37)38)33-32(35)28-26-24-22-20-18-16-14-12-10-8-6-4-2/h25,27,30-31,34H,3-24,26,28-29H2,1-2H3,(H,33,35)(H,36,37,38)/b27-25+. The van der Waals surface area contributed by atoms with Gasteiger partial charge in [0.25, 0.3) is 10.1 Å². The summed E-state index contributed by atoms with van der Waals surface area (Å²) in [4.78, 5) is 12.4. The van der Waals surface area contributed by atoms with Crippen molar-refractivity contribution in [2.75, 3.05) is 5.75 Å². The van der Waals surface area contributed by atoms with Crippen LogP contribution in [0.1, 0.15) is 168 Å². The second-order valence-corrected chi connectivity index (χ2v) is 12.9. The van der Waals surface area contributed by atoms with E-state index in [0.29, 0.717) is 6.42 Å². The van der Waals surface area contributed by atoms with Gasteiger partial charge in [-0.25, -0.2) is 0 Å². The topological polar surface area (TPSA) is 104 Å². The summed E-state index contributed by atoms with van der Waals surface area (Å²) in [5, 5.41) is 13.1. The maximum Gasteiger partial charge on any atom is 0.267 e. The van der Waals surface area contributed by atoms with Crippen molar-refractivity contribution in [3.8, 4) is 0 Å². The molecule has 2 atom stereocenters. The maximum absolute atomic E-state index is 12.4. The van der Waals surface area contributed by atoms with Crippen molar-refractivity contribution < 1.29 is 22.9 Å². The van der Waals surface area contributed by atoms with E-state index in [4.69, 9.17) is 0 Å². The van der Waals surface area contributed by atoms with Gasteiger partial charge >= 0.3 is 0 Å². The molecule has 7 heteroatoms. The van der Waals surface area contributed by atoms with Gasteiger partial charge in [0, 0.05) is 6.42 Å². The molecule has 6 nitrogen and oxygen atoms in total. The minimum Gasteiger partial charge on any atom is -0.387 e. The van der Waals surface area contributed by atoms with Gasteiger partial charge in [0.05, 0.1) is 17.9 Å². The Morgan fingerprint density at radius 1 is 0.667 bits per heavy atom. The molecule has 0 saturated carbocycles. The first-order valence-electron chi connectivity index (χ1n) is 16.4. The van der Waals surface area contributed by atoms with Crippen LogP contribution in [0.25, 0.3) is 0 Å². The molecule has 232 valence electrons. The number of carbonyl (C=O) groups is 1. The first kappa shape index (κ1) is 38.1. The first-order chi connectivity index (χ1) is 18.8. The third kappa shape index (κ3) is 28.4. The lowest BCUT2D eigenvalue weighted by Crippen LogP contribution is -2.46. The van der Waals surface area contributed by atoms with Crippen molar-refractivity contribution in [2.24, 2.45) is 0 Å². The number of hydrogen-bond acceptors (Lipinski definition) is 4. The van der Waals surface area contributed by atoms with E-state index in [-0.39, 0.29) is 5.91 Å². The van der Waals surface area contributed by atoms with Crippen molar-refractivity contribution in [2.45, 2.75) is 180 Å². The van der Waals surface area contributed by atoms with Crippen LogP contribution in [-0.2, 0) is 14.9 Å². The molecule has 0 fully saturated rings. The zero-order valence-corrected chi connectivity index (χ0v) is 26.3. The fourth-order valence-electron chi connectivity index (χ4n) is 4.98. The summed E-state index contributed by atoms with van der Waals surface area (Å²) in [6.07, 6.45) is 30.5. The highest BCUT2D eigenvalue weighted by Gasteiger charge is 2.24. The quantitative estimate of drug-likeness (QED) is 0.0472. The number of rotatable bonds is 29. The molecule has 0 heterocycles. The van der Waals surface area contributed by atoms with Gasteiger partial charge in [0.15, 0.2) is 0 Å². The lowest BCUT2D eigenvalue weighted by atomic mass is 10.0. The lowest BCUT2D eigenvalue weighted by Gasteiger charge is -2.21. The second kappa shape index (κ2) is 27.3. The summed E-state index contributed by atoms with van der Waals surface area (Å²) in [5.41, 5.74) is 0. The Kier molecular flexibility index (Phi) is 26.6. The summed E-state index contributed by atoms with van der Waals surface area (Å²) < 4.78 is 32.2. The van der Waals surface area contributed by atoms with Crippen molar-refractivity contribution in [3.05, 3.63) is 12.2 Å². The minimum absolute atomic E-state index is 0.280. The Balaban J connectivity index is 4.05. The van der Waals surface area contributed by atoms with E-state index in [1.807, 2.05) is 6.08 Å². The molecule has 0 bridgehead atoms. The van der Waals surface area contributed by atoms with E-state index in [0.717, 1.165) is 38.5 Å². The summed E-state index contributed by atoms with van der Waals surface area (Å²) >= 11 is 0. The number of aliphatic hydroxyl groups is 1. The molecule has 0 aliphatic heterocycles. The summed E-state index contributed by atoms with van der Waals surface area (Å²) in [6.45, 7) is 4.47. The molecule has 1 amide bonds. The van der Waals surface area contributed by atoms with Gasteiger partial charge in [0.1, 0.15) is 0 Å². The number of amides is 1. The summed E-state index contributed by atoms with van der Waals surface area (Å²) in [5.74, 6) is -0.973. The highest BCUT2D eigenvalue weighted by molar-refractivity contribution is 7.85. The van der Waals surface area contributed by atoms with E-state index >= 15 is 0 Å². The number of nitrogens with one attached hydrogen (secondary N) is 1. The van der Waals surface area contributed by atoms with E-state index in [2.05, 4.69) is 19.2 Å². The third-order valence-corrected chi connectivity index (χ3v) is 8.24. The van der Waals surface area contributed by atoms with Crippen LogP contribution in [0.4, 0.5) is 0 Å². The molecule has 0 rings (SSSR count). The zero-order chi connectivity index (χ0) is 29.0. The number of carbonyl (C=O) groups excluding carboxylic acids is 1. The van der Waals surface area contributed by atoms with Gasteiger partial charge in [-0.2, -0.15) is 8.42 Å². The van der Waals surface area contributed by atoms with Gasteiger partial charge < -0.3 is 10.4 Å². The summed E-state index contributed by atoms with van der Waals surface area (Å²) in [6, 6.07) is -1.05. The fourth-order valence-corrected chi connectivity index (χ4v) is 5.71. The second-order valence-electron chi connectivity index (χ2n) is 11.5. The van der Waals surface area contributed by atoms with Crippen molar-refractivity contribution in [3.63, 3.8) is 0 Å². The SMILES string of the molecule is CCCCCCCCCCCC/C=C/C(O)C(CS(=O)(=O)O)NC(=O)CCCCCCCCCCCCCC. The molecular weight excluding hydrogens is 510 g/mol. The Morgan fingerprint density at radius 2 is 1.05 bits per heavy atom. The van der Waals surface area contributed by atoms with Crippen LogP contribution in [0.15, 0.2) is 12.2 Å². The van der Waals surface area contributed by atoms with Crippen molar-refractivity contribution in [1.82, 2.24) is 5.32 Å². The zero-order valence-electron chi connectivity index (χ0n) is 25.5. The number of unbranched alkanes of at least 4 members (excludes halogenated alkanes) is 21. The molecule has 0 aromatic rings. The highest BCUT2D eigenvalue weighted by Crippen LogP contribution is 2.14. The van der Waals surface area contributed by atoms with Gasteiger partial charge in [-0.15, -0.1) is 0 Å². The highest BCUT2D eigenvalue weighted by atomic mass is 32.2. The van der Waals surface area contributed by atoms with Crippen LogP contribution in [-0.4, -0.2) is 41.9 Å². The molecule has 3 N–H and O–H groups in total. The third-order valence-electron chi connectivity index (χ3n) is 7.46. The van der Waals surface area contributed by atoms with E-state index in [9.17, 15) is 22.9 Å². The van der Waals surface area contributed by atoms with Gasteiger partial charge in [0.2, 0.25) is 5.91 Å². The average molecular weight is 574 g/mol. The largest absolute Gasteiger partial charge is 0.387 e.